The number of halogens is 3. The molecular weight excluding hydrogens is 434 g/mol. The average Bonchev–Trinajstić information content (AvgIpc) is 3.20. The van der Waals surface area contributed by atoms with Gasteiger partial charge in [0.1, 0.15) is 17.3 Å². The largest absolute Gasteiger partial charge is 0.477 e. The zero-order valence-corrected chi connectivity index (χ0v) is 17.6. The molecule has 32 heavy (non-hydrogen) atoms. The lowest BCUT2D eigenvalue weighted by Crippen LogP contribution is -2.08. The number of benzene rings is 3. The van der Waals surface area contributed by atoms with E-state index in [9.17, 15) is 18.7 Å². The Labute approximate surface area is 188 Å². The van der Waals surface area contributed by atoms with Gasteiger partial charge in [0.05, 0.1) is 0 Å². The Morgan fingerprint density at radius 1 is 0.938 bits per heavy atom. The third-order valence-electron chi connectivity index (χ3n) is 5.09. The van der Waals surface area contributed by atoms with Crippen LogP contribution in [0.5, 0.6) is 0 Å². The number of rotatable bonds is 7. The molecule has 0 saturated carbocycles. The molecule has 0 saturated heterocycles. The number of anilines is 1. The number of carbonyl (C=O) groups is 1. The Morgan fingerprint density at radius 3 is 2.34 bits per heavy atom. The fraction of sp³-hybridized carbons (Fsp3) is 0.0800. The maximum Gasteiger partial charge on any atom is 0.352 e. The van der Waals surface area contributed by atoms with Crippen LogP contribution in [0.2, 0.25) is 5.02 Å². The number of nitrogens with one attached hydrogen (secondary N) is 1. The normalized spacial score (nSPS) is 10.8. The molecule has 0 fully saturated rings. The summed E-state index contributed by atoms with van der Waals surface area (Å²) >= 11 is 5.92. The van der Waals surface area contributed by atoms with Gasteiger partial charge in [-0.15, -0.1) is 0 Å². The van der Waals surface area contributed by atoms with E-state index in [0.29, 0.717) is 11.6 Å². The average molecular weight is 453 g/mol. The van der Waals surface area contributed by atoms with Crippen molar-refractivity contribution >= 4 is 23.3 Å². The van der Waals surface area contributed by atoms with Gasteiger partial charge in [-0.3, -0.25) is 0 Å². The number of nitrogens with zero attached hydrogens (tertiary/aromatic N) is 1. The standard InChI is InChI=1S/C25H19ClF2N2O2/c26-20-5-1-16(2-6-20)14-30-15-19(12-24(30)25(31)32)17-3-8-22(9-4-17)29-13-18-11-21(27)7-10-23(18)28/h1-12,15,29H,13-14H2,(H,31,32). The summed E-state index contributed by atoms with van der Waals surface area (Å²) in [6.07, 6.45) is 1.79. The van der Waals surface area contributed by atoms with Crippen molar-refractivity contribution in [3.05, 3.63) is 112 Å². The molecule has 4 nitrogen and oxygen atoms in total. The van der Waals surface area contributed by atoms with Crippen LogP contribution in [-0.4, -0.2) is 15.6 Å². The topological polar surface area (TPSA) is 54.3 Å². The van der Waals surface area contributed by atoms with Crippen molar-refractivity contribution < 1.29 is 18.7 Å². The van der Waals surface area contributed by atoms with E-state index in [1.165, 1.54) is 0 Å². The number of carboxylic acids is 1. The van der Waals surface area contributed by atoms with Crippen molar-refractivity contribution in [3.63, 3.8) is 0 Å². The van der Waals surface area contributed by atoms with E-state index < -0.39 is 17.6 Å². The predicted molar refractivity (Wildman–Crippen MR) is 121 cm³/mol. The van der Waals surface area contributed by atoms with E-state index >= 15 is 0 Å². The van der Waals surface area contributed by atoms with Crippen LogP contribution in [-0.2, 0) is 13.1 Å². The van der Waals surface area contributed by atoms with Crippen LogP contribution >= 0.6 is 11.6 Å². The molecule has 162 valence electrons. The predicted octanol–water partition coefficient (Wildman–Crippen LogP) is 6.45. The van der Waals surface area contributed by atoms with Crippen LogP contribution in [0.1, 0.15) is 21.6 Å². The van der Waals surface area contributed by atoms with Gasteiger partial charge in [0.25, 0.3) is 0 Å². The molecular formula is C25H19ClF2N2O2. The summed E-state index contributed by atoms with van der Waals surface area (Å²) in [6.45, 7) is 0.543. The molecule has 0 atom stereocenters. The lowest BCUT2D eigenvalue weighted by atomic mass is 10.1. The molecule has 7 heteroatoms. The highest BCUT2D eigenvalue weighted by atomic mass is 35.5. The monoisotopic (exact) mass is 452 g/mol. The van der Waals surface area contributed by atoms with Crippen LogP contribution in [0.15, 0.2) is 79.0 Å². The van der Waals surface area contributed by atoms with E-state index in [2.05, 4.69) is 5.32 Å². The van der Waals surface area contributed by atoms with Gasteiger partial charge in [0, 0.05) is 41.1 Å². The summed E-state index contributed by atoms with van der Waals surface area (Å²) in [7, 11) is 0. The van der Waals surface area contributed by atoms with Crippen molar-refractivity contribution in [2.24, 2.45) is 0 Å². The van der Waals surface area contributed by atoms with Crippen LogP contribution in [0.25, 0.3) is 11.1 Å². The second kappa shape index (κ2) is 9.24. The molecule has 0 bridgehead atoms. The van der Waals surface area contributed by atoms with E-state index in [1.807, 2.05) is 36.4 Å². The third kappa shape index (κ3) is 4.98. The van der Waals surface area contributed by atoms with Crippen LogP contribution in [0.3, 0.4) is 0 Å². The Morgan fingerprint density at radius 2 is 1.66 bits per heavy atom. The molecule has 2 N–H and O–H groups in total. The summed E-state index contributed by atoms with van der Waals surface area (Å²) in [4.78, 5) is 11.7. The molecule has 0 aliphatic heterocycles. The quantitative estimate of drug-likeness (QED) is 0.339. The van der Waals surface area contributed by atoms with Gasteiger partial charge in [-0.25, -0.2) is 13.6 Å². The van der Waals surface area contributed by atoms with Gasteiger partial charge in [-0.05, 0) is 59.7 Å². The Bertz CT molecular complexity index is 1250. The van der Waals surface area contributed by atoms with Crippen LogP contribution < -0.4 is 5.32 Å². The van der Waals surface area contributed by atoms with Gasteiger partial charge < -0.3 is 15.0 Å². The smallest absolute Gasteiger partial charge is 0.352 e. The van der Waals surface area contributed by atoms with Gasteiger partial charge in [0.2, 0.25) is 0 Å². The molecule has 0 aliphatic rings. The summed E-state index contributed by atoms with van der Waals surface area (Å²) in [5.74, 6) is -1.98. The first-order valence-corrected chi connectivity index (χ1v) is 10.2. The molecule has 0 unspecified atom stereocenters. The fourth-order valence-corrected chi connectivity index (χ4v) is 3.55. The van der Waals surface area contributed by atoms with Crippen LogP contribution in [0.4, 0.5) is 14.5 Å². The SMILES string of the molecule is O=C(O)c1cc(-c2ccc(NCc3cc(F)ccc3F)cc2)cn1Cc1ccc(Cl)cc1. The molecule has 3 aromatic carbocycles. The van der Waals surface area contributed by atoms with Gasteiger partial charge in [-0.2, -0.15) is 0 Å². The highest BCUT2D eigenvalue weighted by Crippen LogP contribution is 2.25. The first kappa shape index (κ1) is 21.6. The number of carboxylic acid groups (broad SMARTS) is 1. The Hall–Kier alpha value is -3.64. The molecule has 1 aromatic heterocycles. The maximum atomic E-state index is 13.8. The van der Waals surface area contributed by atoms with Crippen molar-refractivity contribution in [3.8, 4) is 11.1 Å². The first-order chi connectivity index (χ1) is 15.4. The number of aromatic carboxylic acids is 1. The molecule has 0 radical (unpaired) electrons. The highest BCUT2D eigenvalue weighted by Gasteiger charge is 2.14. The van der Waals surface area contributed by atoms with E-state index in [1.54, 1.807) is 29.0 Å². The van der Waals surface area contributed by atoms with E-state index in [-0.39, 0.29) is 17.8 Å². The van der Waals surface area contributed by atoms with E-state index in [4.69, 9.17) is 11.6 Å². The number of hydrogen-bond donors (Lipinski definition) is 2. The molecule has 0 amide bonds. The molecule has 0 spiro atoms. The summed E-state index contributed by atoms with van der Waals surface area (Å²) in [5.41, 5.74) is 3.68. The molecule has 4 aromatic rings. The third-order valence-corrected chi connectivity index (χ3v) is 5.34. The molecule has 4 rings (SSSR count). The van der Waals surface area contributed by atoms with Crippen molar-refractivity contribution in [1.82, 2.24) is 4.57 Å². The zero-order chi connectivity index (χ0) is 22.7. The van der Waals surface area contributed by atoms with Crippen molar-refractivity contribution in [2.45, 2.75) is 13.1 Å². The first-order valence-electron chi connectivity index (χ1n) is 9.85. The number of aromatic nitrogens is 1. The van der Waals surface area contributed by atoms with Crippen LogP contribution in [0, 0.1) is 11.6 Å². The lowest BCUT2D eigenvalue weighted by molar-refractivity contribution is 0.0685. The minimum atomic E-state index is -1.01. The fourth-order valence-electron chi connectivity index (χ4n) is 3.42. The van der Waals surface area contributed by atoms with E-state index in [0.717, 1.165) is 40.6 Å². The minimum absolute atomic E-state index is 0.142. The summed E-state index contributed by atoms with van der Waals surface area (Å²) < 4.78 is 28.8. The summed E-state index contributed by atoms with van der Waals surface area (Å²) in [5, 5.41) is 13.3. The lowest BCUT2D eigenvalue weighted by Gasteiger charge is -2.08. The van der Waals surface area contributed by atoms with Crippen molar-refractivity contribution in [2.75, 3.05) is 5.32 Å². The second-order valence-electron chi connectivity index (χ2n) is 7.34. The summed E-state index contributed by atoms with van der Waals surface area (Å²) in [6, 6.07) is 19.5. The second-order valence-corrected chi connectivity index (χ2v) is 7.78. The highest BCUT2D eigenvalue weighted by molar-refractivity contribution is 6.30. The minimum Gasteiger partial charge on any atom is -0.477 e. The molecule has 1 heterocycles. The van der Waals surface area contributed by atoms with Gasteiger partial charge in [0.15, 0.2) is 0 Å². The van der Waals surface area contributed by atoms with Crippen molar-refractivity contribution in [1.29, 1.82) is 0 Å². The zero-order valence-electron chi connectivity index (χ0n) is 16.9. The Kier molecular flexibility index (Phi) is 6.23. The number of hydrogen-bond acceptors (Lipinski definition) is 2. The van der Waals surface area contributed by atoms with Gasteiger partial charge in [-0.1, -0.05) is 35.9 Å². The Balaban J connectivity index is 1.51. The van der Waals surface area contributed by atoms with Gasteiger partial charge >= 0.3 is 5.97 Å². The maximum absolute atomic E-state index is 13.8. The molecule has 0 aliphatic carbocycles.